The van der Waals surface area contributed by atoms with Crippen LogP contribution in [0.15, 0.2) is 24.3 Å². The van der Waals surface area contributed by atoms with Crippen molar-refractivity contribution in [2.24, 2.45) is 0 Å². The van der Waals surface area contributed by atoms with Crippen molar-refractivity contribution in [3.63, 3.8) is 0 Å². The minimum Gasteiger partial charge on any atom is -0.454 e. The molecule has 1 aromatic rings. The van der Waals surface area contributed by atoms with Crippen molar-refractivity contribution in [1.29, 1.82) is 5.26 Å². The summed E-state index contributed by atoms with van der Waals surface area (Å²) in [5.41, 5.74) is 1.05. The molecule has 1 heterocycles. The highest BCUT2D eigenvalue weighted by molar-refractivity contribution is 5.93. The van der Waals surface area contributed by atoms with Gasteiger partial charge in [0, 0.05) is 12.3 Å². The van der Waals surface area contributed by atoms with E-state index < -0.39 is 18.0 Å². The number of hydrogen-bond donors (Lipinski definition) is 1. The lowest BCUT2D eigenvalue weighted by Crippen LogP contribution is -2.27. The normalized spacial score (nSPS) is 17.2. The van der Waals surface area contributed by atoms with Crippen LogP contribution in [0.5, 0.6) is 0 Å². The van der Waals surface area contributed by atoms with Gasteiger partial charge in [-0.25, -0.2) is 4.79 Å². The van der Waals surface area contributed by atoms with Crippen LogP contribution in [0, 0.1) is 11.3 Å². The number of nitriles is 1. The summed E-state index contributed by atoms with van der Waals surface area (Å²) in [6.45, 7) is 0.204. The van der Waals surface area contributed by atoms with E-state index in [2.05, 4.69) is 5.32 Å². The maximum Gasteiger partial charge on any atom is 0.335 e. The van der Waals surface area contributed by atoms with Gasteiger partial charge in [-0.15, -0.1) is 0 Å². The molecule has 0 unspecified atom stereocenters. The van der Waals surface area contributed by atoms with Crippen LogP contribution in [-0.2, 0) is 19.1 Å². The van der Waals surface area contributed by atoms with Crippen molar-refractivity contribution >= 4 is 17.6 Å². The monoisotopic (exact) mass is 274 g/mol. The molecule has 0 radical (unpaired) electrons. The fourth-order valence-corrected chi connectivity index (χ4v) is 1.82. The lowest BCUT2D eigenvalue weighted by atomic mass is 10.2. The zero-order valence-corrected chi connectivity index (χ0v) is 10.8. The maximum atomic E-state index is 11.6. The molecule has 6 nitrogen and oxygen atoms in total. The molecule has 104 valence electrons. The lowest BCUT2D eigenvalue weighted by molar-refractivity contribution is -0.156. The van der Waals surface area contributed by atoms with Crippen molar-refractivity contribution in [2.75, 3.05) is 18.5 Å². The molecule has 0 saturated carbocycles. The first-order chi connectivity index (χ1) is 9.69. The fourth-order valence-electron chi connectivity index (χ4n) is 1.82. The topological polar surface area (TPSA) is 88.4 Å². The molecule has 20 heavy (non-hydrogen) atoms. The molecule has 0 aliphatic carbocycles. The van der Waals surface area contributed by atoms with Crippen molar-refractivity contribution < 1.29 is 19.1 Å². The van der Waals surface area contributed by atoms with Crippen LogP contribution >= 0.6 is 0 Å². The van der Waals surface area contributed by atoms with Gasteiger partial charge in [0.2, 0.25) is 0 Å². The van der Waals surface area contributed by atoms with E-state index in [0.29, 0.717) is 24.3 Å². The second-order valence-corrected chi connectivity index (χ2v) is 4.35. The smallest absolute Gasteiger partial charge is 0.335 e. The van der Waals surface area contributed by atoms with Crippen molar-refractivity contribution in [3.8, 4) is 6.07 Å². The van der Waals surface area contributed by atoms with Crippen molar-refractivity contribution in [2.45, 2.75) is 18.9 Å². The van der Waals surface area contributed by atoms with Crippen molar-refractivity contribution in [1.82, 2.24) is 0 Å². The molecular weight excluding hydrogens is 260 g/mol. The fraction of sp³-hybridized carbons (Fsp3) is 0.357. The molecule has 1 fully saturated rings. The predicted molar refractivity (Wildman–Crippen MR) is 69.7 cm³/mol. The second-order valence-electron chi connectivity index (χ2n) is 4.35. The number of carbonyl (C=O) groups excluding carboxylic acids is 2. The quantitative estimate of drug-likeness (QED) is 0.834. The molecule has 0 aromatic heterocycles. The molecule has 6 heteroatoms. The number of rotatable bonds is 4. The number of anilines is 1. The van der Waals surface area contributed by atoms with Crippen molar-refractivity contribution in [3.05, 3.63) is 29.8 Å². The Morgan fingerprint density at radius 1 is 1.40 bits per heavy atom. The van der Waals surface area contributed by atoms with Gasteiger partial charge >= 0.3 is 5.97 Å². The minimum atomic E-state index is -0.544. The molecule has 1 amide bonds. The van der Waals surface area contributed by atoms with Crippen LogP contribution < -0.4 is 5.32 Å². The lowest BCUT2D eigenvalue weighted by Gasteiger charge is -2.09. The zero-order valence-electron chi connectivity index (χ0n) is 10.8. The van der Waals surface area contributed by atoms with Crippen LogP contribution in [0.3, 0.4) is 0 Å². The molecule has 0 bridgehead atoms. The van der Waals surface area contributed by atoms with Gasteiger partial charge in [0.1, 0.15) is 0 Å². The van der Waals surface area contributed by atoms with E-state index in [0.717, 1.165) is 6.42 Å². The van der Waals surface area contributed by atoms with Gasteiger partial charge in [0.25, 0.3) is 5.91 Å². The van der Waals surface area contributed by atoms with E-state index in [9.17, 15) is 9.59 Å². The number of esters is 1. The minimum absolute atomic E-state index is 0.349. The molecule has 1 N–H and O–H groups in total. The van der Waals surface area contributed by atoms with Crippen LogP contribution in [0.2, 0.25) is 0 Å². The third-order valence-corrected chi connectivity index (χ3v) is 2.84. The Labute approximate surface area is 116 Å². The van der Waals surface area contributed by atoms with Crippen LogP contribution in [0.1, 0.15) is 18.4 Å². The third-order valence-electron chi connectivity index (χ3n) is 2.84. The number of amides is 1. The summed E-state index contributed by atoms with van der Waals surface area (Å²) in [7, 11) is 0. The van der Waals surface area contributed by atoms with Gasteiger partial charge < -0.3 is 14.8 Å². The zero-order chi connectivity index (χ0) is 14.4. The first-order valence-corrected chi connectivity index (χ1v) is 6.27. The van der Waals surface area contributed by atoms with Gasteiger partial charge in [-0.1, -0.05) is 0 Å². The van der Waals surface area contributed by atoms with E-state index in [4.69, 9.17) is 14.7 Å². The summed E-state index contributed by atoms with van der Waals surface area (Å²) in [5.74, 6) is -0.932. The van der Waals surface area contributed by atoms with Gasteiger partial charge in [-0.2, -0.15) is 5.26 Å². The molecule has 1 saturated heterocycles. The van der Waals surface area contributed by atoms with Gasteiger partial charge in [0.15, 0.2) is 12.7 Å². The van der Waals surface area contributed by atoms with E-state index in [1.54, 1.807) is 24.3 Å². The highest BCUT2D eigenvalue weighted by atomic mass is 16.6. The third kappa shape index (κ3) is 3.80. The Morgan fingerprint density at radius 2 is 2.15 bits per heavy atom. The summed E-state index contributed by atoms with van der Waals surface area (Å²) in [6.07, 6.45) is 0.922. The SMILES string of the molecule is N#Cc1ccc(NC(=O)COC(=O)[C@@H]2CCCO2)cc1. The summed E-state index contributed by atoms with van der Waals surface area (Å²) in [6, 6.07) is 8.38. The Hall–Kier alpha value is -2.39. The first-order valence-electron chi connectivity index (χ1n) is 6.27. The number of nitrogens with one attached hydrogen (secondary N) is 1. The molecule has 1 atom stereocenters. The highest BCUT2D eigenvalue weighted by Crippen LogP contribution is 2.13. The molecule has 1 aliphatic rings. The number of carbonyl (C=O) groups is 2. The van der Waals surface area contributed by atoms with Crippen LogP contribution in [0.25, 0.3) is 0 Å². The Bertz CT molecular complexity index is 527. The second kappa shape index (κ2) is 6.68. The summed E-state index contributed by atoms with van der Waals surface area (Å²) in [4.78, 5) is 23.1. The number of nitrogens with zero attached hydrogens (tertiary/aromatic N) is 1. The van der Waals surface area contributed by atoms with Gasteiger partial charge in [-0.05, 0) is 37.1 Å². The van der Waals surface area contributed by atoms with E-state index in [1.165, 1.54) is 0 Å². The van der Waals surface area contributed by atoms with Crippen LogP contribution in [-0.4, -0.2) is 31.2 Å². The van der Waals surface area contributed by atoms with E-state index in [-0.39, 0.29) is 6.61 Å². The van der Waals surface area contributed by atoms with E-state index in [1.807, 2.05) is 6.07 Å². The summed E-state index contributed by atoms with van der Waals surface area (Å²) in [5, 5.41) is 11.2. The maximum absolute atomic E-state index is 11.6. The molecule has 1 aromatic carbocycles. The average Bonchev–Trinajstić information content (AvgIpc) is 3.00. The van der Waals surface area contributed by atoms with Crippen LogP contribution in [0.4, 0.5) is 5.69 Å². The summed E-state index contributed by atoms with van der Waals surface area (Å²) >= 11 is 0. The standard InChI is InChI=1S/C14H14N2O4/c15-8-10-3-5-11(6-4-10)16-13(17)9-20-14(18)12-2-1-7-19-12/h3-6,12H,1-2,7,9H2,(H,16,17)/t12-/m0/s1. The molecular formula is C14H14N2O4. The predicted octanol–water partition coefficient (Wildman–Crippen LogP) is 1.22. The Morgan fingerprint density at radius 3 is 2.75 bits per heavy atom. The number of hydrogen-bond acceptors (Lipinski definition) is 5. The average molecular weight is 274 g/mol. The highest BCUT2D eigenvalue weighted by Gasteiger charge is 2.25. The largest absolute Gasteiger partial charge is 0.454 e. The van der Waals surface area contributed by atoms with E-state index >= 15 is 0 Å². The molecule has 1 aliphatic heterocycles. The number of ether oxygens (including phenoxy) is 2. The first kappa shape index (κ1) is 14.0. The Kier molecular flexibility index (Phi) is 4.69. The van der Waals surface area contributed by atoms with Gasteiger partial charge in [-0.3, -0.25) is 4.79 Å². The molecule has 2 rings (SSSR count). The van der Waals surface area contributed by atoms with Gasteiger partial charge in [0.05, 0.1) is 11.6 Å². The Balaban J connectivity index is 1.77. The summed E-state index contributed by atoms with van der Waals surface area (Å²) < 4.78 is 10.0. The number of benzene rings is 1. The molecule has 0 spiro atoms.